The Kier molecular flexibility index (Phi) is 4.85. The van der Waals surface area contributed by atoms with Crippen LogP contribution in [0, 0.1) is 10.1 Å². The minimum absolute atomic E-state index is 0.126. The van der Waals surface area contributed by atoms with E-state index in [1.54, 1.807) is 31.1 Å². The second kappa shape index (κ2) is 7.09. The molecule has 26 heavy (non-hydrogen) atoms. The van der Waals surface area contributed by atoms with Crippen molar-refractivity contribution in [3.05, 3.63) is 63.1 Å². The van der Waals surface area contributed by atoms with Crippen molar-refractivity contribution in [1.29, 1.82) is 0 Å². The van der Waals surface area contributed by atoms with E-state index in [-0.39, 0.29) is 23.2 Å². The number of carbonyl (C=O) groups excluding carboxylic acids is 1. The van der Waals surface area contributed by atoms with Gasteiger partial charge < -0.3 is 10.2 Å². The number of thiazole rings is 1. The summed E-state index contributed by atoms with van der Waals surface area (Å²) in [7, 11) is 3.28. The molecule has 0 spiro atoms. The number of anilines is 1. The van der Waals surface area contributed by atoms with E-state index in [2.05, 4.69) is 10.3 Å². The van der Waals surface area contributed by atoms with Gasteiger partial charge in [0.1, 0.15) is 10.7 Å². The molecule has 134 valence electrons. The van der Waals surface area contributed by atoms with E-state index >= 15 is 0 Å². The van der Waals surface area contributed by atoms with Crippen molar-refractivity contribution in [2.45, 2.75) is 13.0 Å². The van der Waals surface area contributed by atoms with Crippen molar-refractivity contribution >= 4 is 38.8 Å². The van der Waals surface area contributed by atoms with Crippen molar-refractivity contribution < 1.29 is 9.72 Å². The highest BCUT2D eigenvalue weighted by Crippen LogP contribution is 2.31. The molecular weight excluding hydrogens is 352 g/mol. The Balaban J connectivity index is 1.89. The molecule has 8 heteroatoms. The number of nitro benzene ring substituents is 1. The molecule has 0 saturated heterocycles. The maximum atomic E-state index is 12.8. The first-order chi connectivity index (χ1) is 12.4. The number of para-hydroxylation sites is 1. The van der Waals surface area contributed by atoms with Crippen LogP contribution in [-0.4, -0.2) is 34.8 Å². The van der Waals surface area contributed by atoms with Crippen molar-refractivity contribution in [2.75, 3.05) is 19.4 Å². The average molecular weight is 370 g/mol. The third kappa shape index (κ3) is 3.23. The normalized spacial score (nSPS) is 12.0. The van der Waals surface area contributed by atoms with Crippen molar-refractivity contribution in [3.8, 4) is 0 Å². The third-order valence-corrected chi connectivity index (χ3v) is 5.49. The molecule has 0 bridgehead atoms. The second-order valence-electron chi connectivity index (χ2n) is 5.85. The van der Waals surface area contributed by atoms with Gasteiger partial charge >= 0.3 is 0 Å². The molecule has 1 atom stereocenters. The number of nitro groups is 1. The number of nitrogens with zero attached hydrogens (tertiary/aromatic N) is 3. The lowest BCUT2D eigenvalue weighted by Gasteiger charge is -2.23. The van der Waals surface area contributed by atoms with Crippen LogP contribution in [0.5, 0.6) is 0 Å². The van der Waals surface area contributed by atoms with E-state index in [9.17, 15) is 14.9 Å². The second-order valence-corrected chi connectivity index (χ2v) is 6.91. The molecule has 1 amide bonds. The Morgan fingerprint density at radius 3 is 2.69 bits per heavy atom. The van der Waals surface area contributed by atoms with Crippen LogP contribution in [0.1, 0.15) is 28.3 Å². The molecule has 1 aromatic heterocycles. The van der Waals surface area contributed by atoms with E-state index in [1.807, 2.05) is 31.2 Å². The van der Waals surface area contributed by atoms with Crippen LogP contribution >= 0.6 is 11.3 Å². The Morgan fingerprint density at radius 2 is 2.04 bits per heavy atom. The van der Waals surface area contributed by atoms with Crippen LogP contribution in [0.3, 0.4) is 0 Å². The molecule has 0 radical (unpaired) electrons. The standard InChI is InChI=1S/C18H18N4O3S/c1-11(17-20-14-6-4-5-7-16(14)26-17)21(3)18(23)12-8-9-13(19-2)15(10-12)22(24)25/h4-11,19H,1-3H3/t11-/m0/s1. The van der Waals surface area contributed by atoms with Gasteiger partial charge in [0.2, 0.25) is 0 Å². The zero-order chi connectivity index (χ0) is 18.8. The highest BCUT2D eigenvalue weighted by molar-refractivity contribution is 7.18. The fourth-order valence-electron chi connectivity index (χ4n) is 2.64. The highest BCUT2D eigenvalue weighted by Gasteiger charge is 2.24. The average Bonchev–Trinajstić information content (AvgIpc) is 3.09. The van der Waals surface area contributed by atoms with Crippen LogP contribution in [0.4, 0.5) is 11.4 Å². The predicted octanol–water partition coefficient (Wildman–Crippen LogP) is 4.08. The molecular formula is C18H18N4O3S. The van der Waals surface area contributed by atoms with Gasteiger partial charge in [-0.3, -0.25) is 14.9 Å². The Hall–Kier alpha value is -3.00. The summed E-state index contributed by atoms with van der Waals surface area (Å²) in [6, 6.07) is 12.0. The van der Waals surface area contributed by atoms with Gasteiger partial charge in [-0.05, 0) is 31.2 Å². The van der Waals surface area contributed by atoms with Gasteiger partial charge in [0.05, 0.1) is 21.2 Å². The van der Waals surface area contributed by atoms with Gasteiger partial charge in [-0.25, -0.2) is 4.98 Å². The lowest BCUT2D eigenvalue weighted by atomic mass is 10.1. The van der Waals surface area contributed by atoms with E-state index in [0.717, 1.165) is 15.2 Å². The summed E-state index contributed by atoms with van der Waals surface area (Å²) in [5.41, 5.74) is 1.41. The first kappa shape index (κ1) is 17.8. The zero-order valence-corrected chi connectivity index (χ0v) is 15.4. The molecule has 0 unspecified atom stereocenters. The smallest absolute Gasteiger partial charge is 0.293 e. The molecule has 1 N–H and O–H groups in total. The van der Waals surface area contributed by atoms with Crippen LogP contribution in [0.25, 0.3) is 10.2 Å². The quantitative estimate of drug-likeness (QED) is 0.540. The summed E-state index contributed by atoms with van der Waals surface area (Å²) in [5, 5.41) is 14.8. The van der Waals surface area contributed by atoms with E-state index in [4.69, 9.17) is 0 Å². The van der Waals surface area contributed by atoms with Crippen LogP contribution in [-0.2, 0) is 0 Å². The first-order valence-corrected chi connectivity index (χ1v) is 8.83. The van der Waals surface area contributed by atoms with Crippen molar-refractivity contribution in [3.63, 3.8) is 0 Å². The van der Waals surface area contributed by atoms with Gasteiger partial charge in [0.15, 0.2) is 0 Å². The summed E-state index contributed by atoms with van der Waals surface area (Å²) in [6.07, 6.45) is 0. The maximum absolute atomic E-state index is 12.8. The molecule has 2 aromatic carbocycles. The molecule has 3 aromatic rings. The zero-order valence-electron chi connectivity index (χ0n) is 14.6. The molecule has 0 aliphatic rings. The van der Waals surface area contributed by atoms with E-state index < -0.39 is 4.92 Å². The van der Waals surface area contributed by atoms with Crippen LogP contribution in [0.2, 0.25) is 0 Å². The summed E-state index contributed by atoms with van der Waals surface area (Å²) in [6.45, 7) is 1.89. The number of rotatable bonds is 5. The minimum Gasteiger partial charge on any atom is -0.383 e. The Bertz CT molecular complexity index is 952. The fraction of sp³-hybridized carbons (Fsp3) is 0.222. The van der Waals surface area contributed by atoms with Crippen molar-refractivity contribution in [1.82, 2.24) is 9.88 Å². The molecule has 1 heterocycles. The molecule has 0 aliphatic carbocycles. The first-order valence-electron chi connectivity index (χ1n) is 8.01. The molecule has 3 rings (SSSR count). The van der Waals surface area contributed by atoms with Crippen LogP contribution in [0.15, 0.2) is 42.5 Å². The lowest BCUT2D eigenvalue weighted by molar-refractivity contribution is -0.384. The number of amides is 1. The lowest BCUT2D eigenvalue weighted by Crippen LogP contribution is -2.29. The Morgan fingerprint density at radius 1 is 1.31 bits per heavy atom. The molecule has 0 aliphatic heterocycles. The van der Waals surface area contributed by atoms with E-state index in [1.165, 1.54) is 17.4 Å². The van der Waals surface area contributed by atoms with Gasteiger partial charge in [-0.2, -0.15) is 0 Å². The fourth-order valence-corrected chi connectivity index (χ4v) is 3.70. The van der Waals surface area contributed by atoms with Crippen LogP contribution < -0.4 is 5.32 Å². The Labute approximate surface area is 154 Å². The number of aromatic nitrogens is 1. The SMILES string of the molecule is CNc1ccc(C(=O)N(C)[C@@H](C)c2nc3ccccc3s2)cc1[N+](=O)[O-]. The number of hydrogen-bond donors (Lipinski definition) is 1. The topological polar surface area (TPSA) is 88.4 Å². The summed E-state index contributed by atoms with van der Waals surface area (Å²) in [4.78, 5) is 29.7. The van der Waals surface area contributed by atoms with E-state index in [0.29, 0.717) is 5.69 Å². The molecule has 0 fully saturated rings. The third-order valence-electron chi connectivity index (χ3n) is 4.28. The summed E-state index contributed by atoms with van der Waals surface area (Å²) >= 11 is 1.54. The highest BCUT2D eigenvalue weighted by atomic mass is 32.1. The summed E-state index contributed by atoms with van der Waals surface area (Å²) < 4.78 is 1.06. The molecule has 7 nitrogen and oxygen atoms in total. The maximum Gasteiger partial charge on any atom is 0.293 e. The summed E-state index contributed by atoms with van der Waals surface area (Å²) in [5.74, 6) is -0.289. The monoisotopic (exact) mass is 370 g/mol. The van der Waals surface area contributed by atoms with Gasteiger partial charge in [-0.15, -0.1) is 11.3 Å². The molecule has 0 saturated carbocycles. The largest absolute Gasteiger partial charge is 0.383 e. The number of hydrogen-bond acceptors (Lipinski definition) is 6. The van der Waals surface area contributed by atoms with Gasteiger partial charge in [0.25, 0.3) is 11.6 Å². The van der Waals surface area contributed by atoms with Gasteiger partial charge in [0, 0.05) is 25.7 Å². The predicted molar refractivity (Wildman–Crippen MR) is 103 cm³/mol. The minimum atomic E-state index is -0.500. The number of nitrogens with one attached hydrogen (secondary N) is 1. The number of benzene rings is 2. The van der Waals surface area contributed by atoms with Crippen molar-refractivity contribution in [2.24, 2.45) is 0 Å². The number of carbonyl (C=O) groups is 1. The number of fused-ring (bicyclic) bond motifs is 1. The van der Waals surface area contributed by atoms with Gasteiger partial charge in [-0.1, -0.05) is 12.1 Å².